The summed E-state index contributed by atoms with van der Waals surface area (Å²) < 4.78 is 0. The molecule has 160 valence electrons. The minimum Gasteiger partial charge on any atom is -0.358 e. The summed E-state index contributed by atoms with van der Waals surface area (Å²) in [6, 6.07) is 10.6. The van der Waals surface area contributed by atoms with Crippen LogP contribution in [0.15, 0.2) is 67.4 Å². The third-order valence-electron chi connectivity index (χ3n) is 5.61. The van der Waals surface area contributed by atoms with Gasteiger partial charge in [0.25, 0.3) is 0 Å². The van der Waals surface area contributed by atoms with E-state index in [9.17, 15) is 0 Å². The van der Waals surface area contributed by atoms with Crippen LogP contribution in [-0.2, 0) is 0 Å². The molecule has 4 heterocycles. The molecule has 0 saturated heterocycles. The Labute approximate surface area is 186 Å². The molecule has 0 atom stereocenters. The van der Waals surface area contributed by atoms with Gasteiger partial charge in [0.1, 0.15) is 5.69 Å². The van der Waals surface area contributed by atoms with Crippen molar-refractivity contribution >= 4 is 27.5 Å². The number of allylic oxidation sites excluding steroid dienone is 1. The summed E-state index contributed by atoms with van der Waals surface area (Å²) in [6.45, 7) is 10.6. The molecule has 0 unspecified atom stereocenters. The molecule has 0 aliphatic carbocycles. The second-order valence-electron chi connectivity index (χ2n) is 8.72. The molecular formula is C26H26N6. The van der Waals surface area contributed by atoms with Crippen molar-refractivity contribution in [1.82, 2.24) is 25.1 Å². The van der Waals surface area contributed by atoms with Gasteiger partial charge in [0.05, 0.1) is 34.8 Å². The van der Waals surface area contributed by atoms with Crippen molar-refractivity contribution in [2.45, 2.75) is 27.2 Å². The van der Waals surface area contributed by atoms with E-state index in [4.69, 9.17) is 0 Å². The zero-order chi connectivity index (χ0) is 22.2. The predicted molar refractivity (Wildman–Crippen MR) is 131 cm³/mol. The van der Waals surface area contributed by atoms with Crippen LogP contribution in [0.2, 0.25) is 0 Å². The Morgan fingerprint density at radius 3 is 2.62 bits per heavy atom. The molecule has 1 aromatic carbocycles. The molecule has 4 aromatic heterocycles. The summed E-state index contributed by atoms with van der Waals surface area (Å²) in [4.78, 5) is 12.2. The minimum atomic E-state index is 0.553. The first-order valence-electron chi connectivity index (χ1n) is 10.8. The molecule has 5 rings (SSSR count). The molecule has 0 aliphatic rings. The summed E-state index contributed by atoms with van der Waals surface area (Å²) >= 11 is 0. The van der Waals surface area contributed by atoms with Crippen molar-refractivity contribution < 1.29 is 0 Å². The van der Waals surface area contributed by atoms with E-state index < -0.39 is 0 Å². The van der Waals surface area contributed by atoms with E-state index in [1.54, 1.807) is 0 Å². The van der Waals surface area contributed by atoms with Crippen molar-refractivity contribution in [3.63, 3.8) is 0 Å². The highest BCUT2D eigenvalue weighted by molar-refractivity contribution is 5.98. The molecular weight excluding hydrogens is 396 g/mol. The first kappa shape index (κ1) is 20.0. The summed E-state index contributed by atoms with van der Waals surface area (Å²) in [5.74, 6) is 0.553. The molecule has 6 nitrogen and oxygen atoms in total. The molecule has 0 amide bonds. The van der Waals surface area contributed by atoms with Crippen LogP contribution < -0.4 is 5.32 Å². The van der Waals surface area contributed by atoms with Gasteiger partial charge in [-0.3, -0.25) is 15.1 Å². The highest BCUT2D eigenvalue weighted by Crippen LogP contribution is 2.32. The van der Waals surface area contributed by atoms with E-state index in [1.165, 1.54) is 0 Å². The van der Waals surface area contributed by atoms with E-state index in [0.29, 0.717) is 5.92 Å². The zero-order valence-electron chi connectivity index (χ0n) is 18.5. The van der Waals surface area contributed by atoms with Crippen molar-refractivity contribution in [3.8, 4) is 22.5 Å². The third kappa shape index (κ3) is 3.75. The number of benzene rings is 1. The fourth-order valence-electron chi connectivity index (χ4n) is 4.13. The number of aryl methyl sites for hydroxylation is 1. The van der Waals surface area contributed by atoms with Gasteiger partial charge in [0, 0.05) is 34.4 Å². The Kier molecular flexibility index (Phi) is 4.98. The first-order chi connectivity index (χ1) is 15.5. The number of H-pyrrole nitrogens is 2. The second kappa shape index (κ2) is 7.96. The minimum absolute atomic E-state index is 0.553. The van der Waals surface area contributed by atoms with Crippen LogP contribution in [0, 0.1) is 12.8 Å². The van der Waals surface area contributed by atoms with E-state index in [0.717, 1.165) is 67.7 Å². The predicted octanol–water partition coefficient (Wildman–Crippen LogP) is 6.45. The van der Waals surface area contributed by atoms with Crippen LogP contribution in [0.5, 0.6) is 0 Å². The lowest BCUT2D eigenvalue weighted by Gasteiger charge is -2.12. The molecule has 0 bridgehead atoms. The Morgan fingerprint density at radius 2 is 1.81 bits per heavy atom. The maximum Gasteiger partial charge on any atom is 0.116 e. The molecule has 0 saturated carbocycles. The number of pyridine rings is 2. The number of aromatic amines is 2. The van der Waals surface area contributed by atoms with Crippen LogP contribution >= 0.6 is 0 Å². The van der Waals surface area contributed by atoms with Crippen molar-refractivity contribution in [1.29, 1.82) is 0 Å². The quantitative estimate of drug-likeness (QED) is 0.294. The average molecular weight is 423 g/mol. The van der Waals surface area contributed by atoms with Crippen LogP contribution in [0.1, 0.15) is 25.8 Å². The number of hydrogen-bond donors (Lipinski definition) is 3. The summed E-state index contributed by atoms with van der Waals surface area (Å²) in [7, 11) is 0. The Morgan fingerprint density at radius 1 is 0.969 bits per heavy atom. The number of fused-ring (bicyclic) bond motifs is 2. The fraction of sp³-hybridized carbons (Fsp3) is 0.192. The van der Waals surface area contributed by atoms with Gasteiger partial charge in [-0.1, -0.05) is 26.5 Å². The van der Waals surface area contributed by atoms with Gasteiger partial charge in [-0.2, -0.15) is 5.10 Å². The highest BCUT2D eigenvalue weighted by atomic mass is 15.1. The molecule has 0 radical (unpaired) electrons. The largest absolute Gasteiger partial charge is 0.358 e. The number of nitrogens with one attached hydrogen (secondary N) is 3. The maximum absolute atomic E-state index is 4.59. The smallest absolute Gasteiger partial charge is 0.116 e. The van der Waals surface area contributed by atoms with Gasteiger partial charge in [0.15, 0.2) is 0 Å². The summed E-state index contributed by atoms with van der Waals surface area (Å²) in [5.41, 5.74) is 9.07. The SMILES string of the molecule is C=C(CC(C)C)Nc1cncc(-c2ccc3[nH]nc(-c4cc5c(C)cncc5[nH]4)c3c2)c1. The highest BCUT2D eigenvalue weighted by Gasteiger charge is 2.13. The van der Waals surface area contributed by atoms with Crippen LogP contribution in [0.4, 0.5) is 5.69 Å². The van der Waals surface area contributed by atoms with Crippen molar-refractivity contribution in [2.24, 2.45) is 5.92 Å². The third-order valence-corrected chi connectivity index (χ3v) is 5.61. The van der Waals surface area contributed by atoms with Crippen molar-refractivity contribution in [3.05, 3.63) is 73.0 Å². The summed E-state index contributed by atoms with van der Waals surface area (Å²) in [5, 5.41) is 13.4. The molecule has 6 heteroatoms. The van der Waals surface area contributed by atoms with Gasteiger partial charge in [0.2, 0.25) is 0 Å². The first-order valence-corrected chi connectivity index (χ1v) is 10.8. The topological polar surface area (TPSA) is 82.3 Å². The van der Waals surface area contributed by atoms with Gasteiger partial charge in [-0.05, 0) is 54.7 Å². The zero-order valence-corrected chi connectivity index (χ0v) is 18.5. The number of anilines is 1. The van der Waals surface area contributed by atoms with Crippen LogP contribution in [0.25, 0.3) is 44.3 Å². The Bertz CT molecular complexity index is 1440. The average Bonchev–Trinajstić information content (AvgIpc) is 3.37. The van der Waals surface area contributed by atoms with E-state index >= 15 is 0 Å². The lowest BCUT2D eigenvalue weighted by Crippen LogP contribution is -2.02. The number of hydrogen-bond acceptors (Lipinski definition) is 4. The number of nitrogens with zero attached hydrogens (tertiary/aromatic N) is 3. The second-order valence-corrected chi connectivity index (χ2v) is 8.72. The van der Waals surface area contributed by atoms with E-state index in [1.807, 2.05) is 24.8 Å². The molecule has 5 aromatic rings. The monoisotopic (exact) mass is 422 g/mol. The van der Waals surface area contributed by atoms with Gasteiger partial charge < -0.3 is 10.3 Å². The Hall–Kier alpha value is -3.93. The van der Waals surface area contributed by atoms with Gasteiger partial charge in [-0.15, -0.1) is 0 Å². The molecule has 0 fully saturated rings. The van der Waals surface area contributed by atoms with Crippen molar-refractivity contribution in [2.75, 3.05) is 5.32 Å². The number of aromatic nitrogens is 5. The van der Waals surface area contributed by atoms with Gasteiger partial charge in [-0.25, -0.2) is 0 Å². The lowest BCUT2D eigenvalue weighted by molar-refractivity contribution is 0.645. The summed E-state index contributed by atoms with van der Waals surface area (Å²) in [6.07, 6.45) is 8.37. The normalized spacial score (nSPS) is 11.5. The molecule has 3 N–H and O–H groups in total. The van der Waals surface area contributed by atoms with E-state index in [-0.39, 0.29) is 0 Å². The molecule has 32 heavy (non-hydrogen) atoms. The fourth-order valence-corrected chi connectivity index (χ4v) is 4.13. The number of rotatable bonds is 6. The Balaban J connectivity index is 1.52. The van der Waals surface area contributed by atoms with E-state index in [2.05, 4.69) is 88.1 Å². The standard InChI is InChI=1S/C26H26N6/c1-15(2)7-17(4)29-20-8-19(12-28-13-20)18-5-6-23-22(9-18)26(32-31-23)24-10-21-16(3)11-27-14-25(21)30-24/h5-6,8-15,29-30H,4,7H2,1-3H3,(H,31,32). The molecule has 0 spiro atoms. The van der Waals surface area contributed by atoms with Crippen LogP contribution in [0.3, 0.4) is 0 Å². The molecule has 0 aliphatic heterocycles. The van der Waals surface area contributed by atoms with Crippen LogP contribution in [-0.4, -0.2) is 25.1 Å². The van der Waals surface area contributed by atoms with Gasteiger partial charge >= 0.3 is 0 Å². The maximum atomic E-state index is 4.59. The lowest BCUT2D eigenvalue weighted by atomic mass is 10.0.